The number of halogens is 2. The average molecular weight is 447 g/mol. The van der Waals surface area contributed by atoms with E-state index in [-0.39, 0.29) is 35.4 Å². The van der Waals surface area contributed by atoms with Crippen LogP contribution >= 0.6 is 0 Å². The van der Waals surface area contributed by atoms with Crippen LogP contribution in [0.1, 0.15) is 52.2 Å². The fourth-order valence-electron chi connectivity index (χ4n) is 4.13. The van der Waals surface area contributed by atoms with E-state index in [1.54, 1.807) is 4.90 Å². The molecule has 2 bridgehead atoms. The maximum Gasteiger partial charge on any atom is 0.274 e. The normalized spacial score (nSPS) is 20.7. The lowest BCUT2D eigenvalue weighted by atomic mass is 10.0. The number of aromatic nitrogens is 1. The predicted molar refractivity (Wildman–Crippen MR) is 109 cm³/mol. The third kappa shape index (κ3) is 3.97. The van der Waals surface area contributed by atoms with Gasteiger partial charge in [-0.3, -0.25) is 14.4 Å². The quantitative estimate of drug-likeness (QED) is 0.749. The highest BCUT2D eigenvalue weighted by atomic mass is 19.1. The smallest absolute Gasteiger partial charge is 0.274 e. The number of nitrogens with zero attached hydrogens (tertiary/aromatic N) is 2. The van der Waals surface area contributed by atoms with E-state index in [9.17, 15) is 28.3 Å². The van der Waals surface area contributed by atoms with Gasteiger partial charge in [0.25, 0.3) is 11.8 Å². The first-order valence-electron chi connectivity index (χ1n) is 10.4. The van der Waals surface area contributed by atoms with Crippen molar-refractivity contribution in [2.24, 2.45) is 0 Å². The highest BCUT2D eigenvalue weighted by Gasteiger charge is 2.37. The number of amides is 2. The van der Waals surface area contributed by atoms with E-state index < -0.39 is 34.6 Å². The Morgan fingerprint density at radius 3 is 2.84 bits per heavy atom. The molecular formula is C22H23F2N3O5. The summed E-state index contributed by atoms with van der Waals surface area (Å²) >= 11 is 0. The Kier molecular flexibility index (Phi) is 5.96. The van der Waals surface area contributed by atoms with Gasteiger partial charge >= 0.3 is 0 Å². The van der Waals surface area contributed by atoms with Gasteiger partial charge in [-0.1, -0.05) is 6.07 Å². The topological polar surface area (TPSA) is 101 Å². The molecule has 2 aromatic rings. The Bertz CT molecular complexity index is 1130. The number of rotatable bonds is 3. The molecule has 0 unspecified atom stereocenters. The Labute approximate surface area is 182 Å². The van der Waals surface area contributed by atoms with E-state index in [0.29, 0.717) is 38.7 Å². The minimum Gasteiger partial charge on any atom is -0.503 e. The second-order valence-corrected chi connectivity index (χ2v) is 8.07. The summed E-state index contributed by atoms with van der Waals surface area (Å²) in [5, 5.41) is 13.0. The number of pyridine rings is 1. The van der Waals surface area contributed by atoms with E-state index in [2.05, 4.69) is 5.32 Å². The molecule has 1 aromatic heterocycles. The number of nitrogens with one attached hydrogen (secondary N) is 1. The molecule has 170 valence electrons. The van der Waals surface area contributed by atoms with E-state index in [1.165, 1.54) is 16.8 Å². The average Bonchev–Trinajstić information content (AvgIpc) is 2.83. The molecule has 8 nitrogen and oxygen atoms in total. The van der Waals surface area contributed by atoms with Crippen molar-refractivity contribution in [3.05, 3.63) is 63.1 Å². The van der Waals surface area contributed by atoms with Gasteiger partial charge in [0.1, 0.15) is 17.2 Å². The second kappa shape index (κ2) is 8.70. The zero-order valence-corrected chi connectivity index (χ0v) is 17.4. The molecule has 0 aliphatic carbocycles. The number of benzene rings is 1. The molecule has 2 aliphatic rings. The number of hydrogen-bond donors (Lipinski definition) is 2. The van der Waals surface area contributed by atoms with Crippen molar-refractivity contribution < 1.29 is 28.2 Å². The van der Waals surface area contributed by atoms with E-state index in [0.717, 1.165) is 6.07 Å². The molecule has 1 fully saturated rings. The Morgan fingerprint density at radius 1 is 1.31 bits per heavy atom. The molecule has 0 saturated carbocycles. The number of carbonyl (C=O) groups is 2. The maximum atomic E-state index is 13.8. The molecule has 4 rings (SSSR count). The summed E-state index contributed by atoms with van der Waals surface area (Å²) in [6.07, 6.45) is 2.60. The lowest BCUT2D eigenvalue weighted by Crippen LogP contribution is -2.49. The predicted octanol–water partition coefficient (Wildman–Crippen LogP) is 1.96. The molecule has 3 heterocycles. The van der Waals surface area contributed by atoms with Crippen LogP contribution in [0, 0.1) is 11.6 Å². The lowest BCUT2D eigenvalue weighted by molar-refractivity contribution is 0.0429. The van der Waals surface area contributed by atoms with Gasteiger partial charge in [-0.05, 0) is 25.8 Å². The van der Waals surface area contributed by atoms with Crippen molar-refractivity contribution >= 4 is 11.8 Å². The number of hydrogen-bond acceptors (Lipinski definition) is 5. The van der Waals surface area contributed by atoms with Crippen LogP contribution < -0.4 is 10.7 Å². The fourth-order valence-corrected chi connectivity index (χ4v) is 4.13. The number of aromatic hydroxyl groups is 1. The second-order valence-electron chi connectivity index (χ2n) is 8.07. The van der Waals surface area contributed by atoms with E-state index in [1.807, 2.05) is 6.92 Å². The summed E-state index contributed by atoms with van der Waals surface area (Å²) in [6.45, 7) is 2.78. The van der Waals surface area contributed by atoms with Gasteiger partial charge in [-0.25, -0.2) is 8.78 Å². The SMILES string of the molecule is C[C@@H]1COCCC[C@H]2CN1C(=O)c1c(O)c(=O)c(C(=O)NCc3ccc(F)cc3F)cn12. The van der Waals surface area contributed by atoms with Crippen molar-refractivity contribution in [3.63, 3.8) is 0 Å². The zero-order chi connectivity index (χ0) is 23.0. The first-order valence-corrected chi connectivity index (χ1v) is 10.4. The molecule has 0 radical (unpaired) electrons. The molecule has 1 aromatic carbocycles. The van der Waals surface area contributed by atoms with Gasteiger partial charge in [0.15, 0.2) is 11.4 Å². The first kappa shape index (κ1) is 21.9. The van der Waals surface area contributed by atoms with Crippen LogP contribution in [-0.4, -0.2) is 52.2 Å². The third-order valence-electron chi connectivity index (χ3n) is 5.89. The number of fused-ring (bicyclic) bond motifs is 4. The molecule has 10 heteroatoms. The molecule has 32 heavy (non-hydrogen) atoms. The lowest BCUT2D eigenvalue weighted by Gasteiger charge is -2.38. The van der Waals surface area contributed by atoms with Crippen LogP contribution in [0.3, 0.4) is 0 Å². The van der Waals surface area contributed by atoms with Crippen molar-refractivity contribution in [3.8, 4) is 5.75 Å². The molecule has 2 aliphatic heterocycles. The Morgan fingerprint density at radius 2 is 2.09 bits per heavy atom. The molecule has 2 amide bonds. The van der Waals surface area contributed by atoms with Crippen molar-refractivity contribution in [2.75, 3.05) is 19.8 Å². The number of ether oxygens (including phenoxy) is 1. The van der Waals surface area contributed by atoms with Gasteiger partial charge in [-0.2, -0.15) is 0 Å². The fraction of sp³-hybridized carbons (Fsp3) is 0.409. The van der Waals surface area contributed by atoms with Crippen LogP contribution in [0.5, 0.6) is 5.75 Å². The Hall–Kier alpha value is -3.27. The summed E-state index contributed by atoms with van der Waals surface area (Å²) in [5.41, 5.74) is -1.46. The van der Waals surface area contributed by atoms with Gasteiger partial charge < -0.3 is 24.6 Å². The van der Waals surface area contributed by atoms with Gasteiger partial charge in [0, 0.05) is 37.5 Å². The molecular weight excluding hydrogens is 424 g/mol. The highest BCUT2D eigenvalue weighted by molar-refractivity contribution is 5.99. The summed E-state index contributed by atoms with van der Waals surface area (Å²) in [5.74, 6) is -3.71. The summed E-state index contributed by atoms with van der Waals surface area (Å²) in [4.78, 5) is 40.0. The minimum absolute atomic E-state index is 0.0399. The molecule has 2 N–H and O–H groups in total. The third-order valence-corrected chi connectivity index (χ3v) is 5.89. The first-order chi connectivity index (χ1) is 15.3. The van der Waals surface area contributed by atoms with Gasteiger partial charge in [0.2, 0.25) is 5.43 Å². The van der Waals surface area contributed by atoms with Crippen LogP contribution in [-0.2, 0) is 11.3 Å². The minimum atomic E-state index is -0.985. The largest absolute Gasteiger partial charge is 0.503 e. The van der Waals surface area contributed by atoms with Gasteiger partial charge in [-0.15, -0.1) is 0 Å². The van der Waals surface area contributed by atoms with Crippen LogP contribution in [0.4, 0.5) is 8.78 Å². The summed E-state index contributed by atoms with van der Waals surface area (Å²) in [7, 11) is 0. The van der Waals surface area contributed by atoms with E-state index in [4.69, 9.17) is 4.74 Å². The standard InChI is InChI=1S/C22H23F2N3O5/c1-12-11-32-6-2-3-15-9-26(12)22(31)18-20(29)19(28)16(10-27(15)18)21(30)25-8-13-4-5-14(23)7-17(13)24/h4-5,7,10,12,15,29H,2-3,6,8-9,11H2,1H3,(H,25,30)/t12-,15+/m1/s1. The van der Waals surface area contributed by atoms with Crippen molar-refractivity contribution in [1.29, 1.82) is 0 Å². The zero-order valence-electron chi connectivity index (χ0n) is 17.4. The van der Waals surface area contributed by atoms with Gasteiger partial charge in [0.05, 0.1) is 18.7 Å². The summed E-state index contributed by atoms with van der Waals surface area (Å²) in [6, 6.07) is 2.46. The van der Waals surface area contributed by atoms with Crippen molar-refractivity contribution in [1.82, 2.24) is 14.8 Å². The van der Waals surface area contributed by atoms with Crippen LogP contribution in [0.25, 0.3) is 0 Å². The van der Waals surface area contributed by atoms with Crippen LogP contribution in [0.2, 0.25) is 0 Å². The summed E-state index contributed by atoms with van der Waals surface area (Å²) < 4.78 is 34.0. The van der Waals surface area contributed by atoms with Crippen LogP contribution in [0.15, 0.2) is 29.2 Å². The molecule has 2 atom stereocenters. The monoisotopic (exact) mass is 447 g/mol. The number of carbonyl (C=O) groups excluding carboxylic acids is 2. The Balaban J connectivity index is 1.67. The highest BCUT2D eigenvalue weighted by Crippen LogP contribution is 2.31. The van der Waals surface area contributed by atoms with Crippen molar-refractivity contribution in [2.45, 2.75) is 38.4 Å². The van der Waals surface area contributed by atoms with E-state index >= 15 is 0 Å². The molecule has 1 saturated heterocycles. The molecule has 0 spiro atoms. The maximum absolute atomic E-state index is 13.8.